The summed E-state index contributed by atoms with van der Waals surface area (Å²) in [5, 5.41) is 8.75. The molecule has 0 heterocycles. The van der Waals surface area contributed by atoms with Gasteiger partial charge in [-0.25, -0.2) is 0 Å². The monoisotopic (exact) mass is 277 g/mol. The maximum atomic E-state index is 11.5. The Morgan fingerprint density at radius 2 is 1.70 bits per heavy atom. The second-order valence-electron chi connectivity index (χ2n) is 5.13. The van der Waals surface area contributed by atoms with Gasteiger partial charge in [-0.05, 0) is 30.2 Å². The van der Waals surface area contributed by atoms with Crippen LogP contribution in [0.25, 0.3) is 0 Å². The van der Waals surface area contributed by atoms with Crippen molar-refractivity contribution < 1.29 is 9.59 Å². The van der Waals surface area contributed by atoms with Crippen molar-refractivity contribution in [1.29, 1.82) is 0 Å². The molecule has 110 valence electrons. The van der Waals surface area contributed by atoms with Gasteiger partial charge in [0.15, 0.2) is 0 Å². The van der Waals surface area contributed by atoms with Crippen molar-refractivity contribution in [2.24, 2.45) is 5.92 Å². The van der Waals surface area contributed by atoms with Crippen molar-refractivity contribution in [2.45, 2.75) is 27.2 Å². The Morgan fingerprint density at radius 1 is 1.10 bits per heavy atom. The fourth-order valence-corrected chi connectivity index (χ4v) is 1.60. The molecule has 3 N–H and O–H groups in total. The number of amides is 2. The molecule has 0 bridgehead atoms. The van der Waals surface area contributed by atoms with E-state index in [1.54, 1.807) is 0 Å². The second-order valence-corrected chi connectivity index (χ2v) is 5.13. The van der Waals surface area contributed by atoms with Gasteiger partial charge in [0.1, 0.15) is 0 Å². The zero-order valence-corrected chi connectivity index (χ0v) is 12.3. The molecule has 0 saturated carbocycles. The molecule has 5 nitrogen and oxygen atoms in total. The summed E-state index contributed by atoms with van der Waals surface area (Å²) in [5.41, 5.74) is 1.69. The van der Waals surface area contributed by atoms with E-state index in [4.69, 9.17) is 0 Å². The number of carbonyl (C=O) groups is 2. The highest BCUT2D eigenvalue weighted by molar-refractivity contribution is 5.88. The van der Waals surface area contributed by atoms with Gasteiger partial charge in [-0.1, -0.05) is 13.8 Å². The average molecular weight is 277 g/mol. The molecule has 0 fully saturated rings. The molecule has 0 radical (unpaired) electrons. The highest BCUT2D eigenvalue weighted by Crippen LogP contribution is 2.13. The van der Waals surface area contributed by atoms with Gasteiger partial charge < -0.3 is 16.0 Å². The van der Waals surface area contributed by atoms with Crippen LogP contribution in [0.4, 0.5) is 11.4 Å². The van der Waals surface area contributed by atoms with Crippen LogP contribution >= 0.6 is 0 Å². The summed E-state index contributed by atoms with van der Waals surface area (Å²) in [6, 6.07) is 7.39. The Balaban J connectivity index is 2.28. The van der Waals surface area contributed by atoms with E-state index in [9.17, 15) is 9.59 Å². The third kappa shape index (κ3) is 6.78. The fraction of sp³-hybridized carbons (Fsp3) is 0.467. The van der Waals surface area contributed by atoms with Gasteiger partial charge >= 0.3 is 0 Å². The molecule has 2 amide bonds. The quantitative estimate of drug-likeness (QED) is 0.715. The van der Waals surface area contributed by atoms with E-state index in [1.807, 2.05) is 24.3 Å². The van der Waals surface area contributed by atoms with Crippen LogP contribution in [0.2, 0.25) is 0 Å². The number of hydrogen-bond acceptors (Lipinski definition) is 3. The smallest absolute Gasteiger partial charge is 0.221 e. The Labute approximate surface area is 120 Å². The number of benzene rings is 1. The van der Waals surface area contributed by atoms with E-state index in [0.29, 0.717) is 25.4 Å². The number of anilines is 2. The first-order valence-electron chi connectivity index (χ1n) is 6.85. The summed E-state index contributed by atoms with van der Waals surface area (Å²) >= 11 is 0. The minimum Gasteiger partial charge on any atom is -0.385 e. The van der Waals surface area contributed by atoms with Crippen LogP contribution < -0.4 is 16.0 Å². The Bertz CT molecular complexity index is 441. The predicted octanol–water partition coefficient (Wildman–Crippen LogP) is 2.22. The first kappa shape index (κ1) is 16.0. The lowest BCUT2D eigenvalue weighted by Gasteiger charge is -2.09. The Morgan fingerprint density at radius 3 is 2.25 bits per heavy atom. The Kier molecular flexibility index (Phi) is 6.56. The minimum atomic E-state index is -0.0902. The molecule has 0 saturated heterocycles. The molecule has 5 heteroatoms. The van der Waals surface area contributed by atoms with Crippen molar-refractivity contribution in [3.63, 3.8) is 0 Å². The maximum Gasteiger partial charge on any atom is 0.221 e. The largest absolute Gasteiger partial charge is 0.385 e. The van der Waals surface area contributed by atoms with Gasteiger partial charge in [0.05, 0.1) is 0 Å². The molecule has 0 unspecified atom stereocenters. The molecule has 0 atom stereocenters. The highest BCUT2D eigenvalue weighted by atomic mass is 16.2. The van der Waals surface area contributed by atoms with Crippen molar-refractivity contribution in [3.05, 3.63) is 24.3 Å². The second kappa shape index (κ2) is 8.19. The van der Waals surface area contributed by atoms with E-state index < -0.39 is 0 Å². The fourth-order valence-electron chi connectivity index (χ4n) is 1.60. The molecule has 0 aliphatic carbocycles. The molecule has 1 aromatic rings. The average Bonchev–Trinajstić information content (AvgIpc) is 2.38. The van der Waals surface area contributed by atoms with E-state index >= 15 is 0 Å². The number of hydrogen-bond donors (Lipinski definition) is 3. The Hall–Kier alpha value is -2.04. The summed E-state index contributed by atoms with van der Waals surface area (Å²) in [4.78, 5) is 22.4. The normalized spacial score (nSPS) is 10.2. The molecule has 0 aliphatic heterocycles. The van der Waals surface area contributed by atoms with E-state index in [0.717, 1.165) is 11.4 Å². The third-order valence-corrected chi connectivity index (χ3v) is 2.59. The summed E-state index contributed by atoms with van der Waals surface area (Å²) in [6.07, 6.45) is 0.445. The van der Waals surface area contributed by atoms with Gasteiger partial charge in [0.2, 0.25) is 11.8 Å². The van der Waals surface area contributed by atoms with E-state index in [1.165, 1.54) is 6.92 Å². The molecule has 0 aliphatic rings. The van der Waals surface area contributed by atoms with Gasteiger partial charge in [-0.2, -0.15) is 0 Å². The topological polar surface area (TPSA) is 70.2 Å². The molecule has 0 spiro atoms. The van der Waals surface area contributed by atoms with Crippen molar-refractivity contribution in [2.75, 3.05) is 23.7 Å². The lowest BCUT2D eigenvalue weighted by Crippen LogP contribution is -2.28. The lowest BCUT2D eigenvalue weighted by molar-refractivity contribution is -0.121. The molecule has 1 aromatic carbocycles. The third-order valence-electron chi connectivity index (χ3n) is 2.59. The standard InChI is InChI=1S/C15H23N3O2/c1-11(2)10-17-15(20)8-9-16-13-4-6-14(7-5-13)18-12(3)19/h4-7,11,16H,8-10H2,1-3H3,(H,17,20)(H,18,19). The van der Waals surface area contributed by atoms with Crippen molar-refractivity contribution in [3.8, 4) is 0 Å². The zero-order valence-electron chi connectivity index (χ0n) is 12.3. The zero-order chi connectivity index (χ0) is 15.0. The van der Waals surface area contributed by atoms with Crippen LogP contribution in [-0.2, 0) is 9.59 Å². The first-order valence-corrected chi connectivity index (χ1v) is 6.85. The summed E-state index contributed by atoms with van der Waals surface area (Å²) in [5.74, 6) is 0.432. The molecular formula is C15H23N3O2. The lowest BCUT2D eigenvalue weighted by atomic mass is 10.2. The summed E-state index contributed by atoms with van der Waals surface area (Å²) in [6.45, 7) is 6.90. The summed E-state index contributed by atoms with van der Waals surface area (Å²) in [7, 11) is 0. The number of rotatable bonds is 7. The molecular weight excluding hydrogens is 254 g/mol. The molecule has 20 heavy (non-hydrogen) atoms. The van der Waals surface area contributed by atoms with Crippen molar-refractivity contribution >= 4 is 23.2 Å². The predicted molar refractivity (Wildman–Crippen MR) is 81.7 cm³/mol. The highest BCUT2D eigenvalue weighted by Gasteiger charge is 2.02. The van der Waals surface area contributed by atoms with Crippen molar-refractivity contribution in [1.82, 2.24) is 5.32 Å². The SMILES string of the molecule is CC(=O)Nc1ccc(NCCC(=O)NCC(C)C)cc1. The molecule has 1 rings (SSSR count). The summed E-state index contributed by atoms with van der Waals surface area (Å²) < 4.78 is 0. The van der Waals surface area contributed by atoms with Gasteiger partial charge in [-0.15, -0.1) is 0 Å². The van der Waals surface area contributed by atoms with E-state index in [2.05, 4.69) is 29.8 Å². The van der Waals surface area contributed by atoms with Gasteiger partial charge in [-0.3, -0.25) is 9.59 Å². The van der Waals surface area contributed by atoms with Crippen LogP contribution in [-0.4, -0.2) is 24.9 Å². The molecule has 0 aromatic heterocycles. The van der Waals surface area contributed by atoms with Crippen LogP contribution in [0.1, 0.15) is 27.2 Å². The number of nitrogens with one attached hydrogen (secondary N) is 3. The van der Waals surface area contributed by atoms with Gasteiger partial charge in [0.25, 0.3) is 0 Å². The van der Waals surface area contributed by atoms with Crippen LogP contribution in [0.3, 0.4) is 0 Å². The number of carbonyl (C=O) groups excluding carboxylic acids is 2. The maximum absolute atomic E-state index is 11.5. The van der Waals surface area contributed by atoms with Crippen LogP contribution in [0.5, 0.6) is 0 Å². The van der Waals surface area contributed by atoms with Crippen LogP contribution in [0, 0.1) is 5.92 Å². The van der Waals surface area contributed by atoms with Crippen LogP contribution in [0.15, 0.2) is 24.3 Å². The van der Waals surface area contributed by atoms with Gasteiger partial charge in [0, 0.05) is 37.8 Å². The van der Waals surface area contributed by atoms with E-state index in [-0.39, 0.29) is 11.8 Å². The first-order chi connectivity index (χ1) is 9.47. The minimum absolute atomic E-state index is 0.0565.